The van der Waals surface area contributed by atoms with Crippen LogP contribution in [0.2, 0.25) is 0 Å². The summed E-state index contributed by atoms with van der Waals surface area (Å²) in [6.07, 6.45) is 3.74. The first-order valence-electron chi connectivity index (χ1n) is 7.26. The van der Waals surface area contributed by atoms with Crippen LogP contribution in [0.3, 0.4) is 0 Å². The molecule has 5 nitrogen and oxygen atoms in total. The van der Waals surface area contributed by atoms with Crippen LogP contribution in [0.5, 0.6) is 0 Å². The summed E-state index contributed by atoms with van der Waals surface area (Å²) in [7, 11) is 0. The molecule has 0 aliphatic heterocycles. The van der Waals surface area contributed by atoms with Crippen molar-refractivity contribution in [3.05, 3.63) is 23.8 Å². The van der Waals surface area contributed by atoms with Crippen molar-refractivity contribution < 1.29 is 9.90 Å². The lowest BCUT2D eigenvalue weighted by atomic mass is 9.86. The van der Waals surface area contributed by atoms with Crippen molar-refractivity contribution in [2.24, 2.45) is 5.92 Å². The molecule has 2 unspecified atom stereocenters. The lowest BCUT2D eigenvalue weighted by Crippen LogP contribution is -2.36. The predicted molar refractivity (Wildman–Crippen MR) is 84.3 cm³/mol. The van der Waals surface area contributed by atoms with Crippen molar-refractivity contribution >= 4 is 32.6 Å². The van der Waals surface area contributed by atoms with Gasteiger partial charge in [0.05, 0.1) is 16.3 Å². The van der Waals surface area contributed by atoms with Crippen LogP contribution in [0, 0.1) is 5.92 Å². The number of thiazole rings is 1. The number of benzene rings is 1. The van der Waals surface area contributed by atoms with Gasteiger partial charge in [-0.05, 0) is 31.0 Å². The molecule has 21 heavy (non-hydrogen) atoms. The highest BCUT2D eigenvalue weighted by atomic mass is 32.1. The Morgan fingerprint density at radius 2 is 2.24 bits per heavy atom. The van der Waals surface area contributed by atoms with Gasteiger partial charge in [0.15, 0.2) is 5.13 Å². The Balaban J connectivity index is 1.66. The number of rotatable bonds is 3. The molecule has 112 valence electrons. The van der Waals surface area contributed by atoms with E-state index in [-0.39, 0.29) is 17.9 Å². The van der Waals surface area contributed by atoms with Gasteiger partial charge in [-0.3, -0.25) is 4.79 Å². The summed E-state index contributed by atoms with van der Waals surface area (Å²) in [5, 5.41) is 13.4. The van der Waals surface area contributed by atoms with E-state index in [0.717, 1.165) is 35.9 Å². The van der Waals surface area contributed by atoms with E-state index in [1.54, 1.807) is 6.07 Å². The summed E-state index contributed by atoms with van der Waals surface area (Å²) < 4.78 is 0.915. The number of nitrogens with one attached hydrogen (secondary N) is 1. The highest BCUT2D eigenvalue weighted by Crippen LogP contribution is 2.25. The fourth-order valence-corrected chi connectivity index (χ4v) is 3.61. The molecule has 6 heteroatoms. The minimum atomic E-state index is -0.289. The van der Waals surface area contributed by atoms with Crippen molar-refractivity contribution in [3.8, 4) is 0 Å². The number of aliphatic hydroxyl groups is 1. The number of aliphatic hydroxyl groups excluding tert-OH is 1. The molecule has 1 fully saturated rings. The van der Waals surface area contributed by atoms with Gasteiger partial charge in [-0.15, -0.1) is 0 Å². The molecule has 0 bridgehead atoms. The first kappa shape index (κ1) is 14.3. The van der Waals surface area contributed by atoms with Crippen LogP contribution in [0.1, 0.15) is 36.0 Å². The van der Waals surface area contributed by atoms with Crippen molar-refractivity contribution in [2.75, 3.05) is 12.3 Å². The summed E-state index contributed by atoms with van der Waals surface area (Å²) >= 11 is 1.38. The Morgan fingerprint density at radius 3 is 3.05 bits per heavy atom. The van der Waals surface area contributed by atoms with Crippen molar-refractivity contribution in [2.45, 2.75) is 31.8 Å². The molecule has 2 aromatic rings. The number of nitrogens with two attached hydrogens (primary N) is 1. The van der Waals surface area contributed by atoms with Gasteiger partial charge < -0.3 is 16.2 Å². The van der Waals surface area contributed by atoms with Crippen molar-refractivity contribution in [3.63, 3.8) is 0 Å². The van der Waals surface area contributed by atoms with Crippen LogP contribution in [-0.4, -0.2) is 28.6 Å². The van der Waals surface area contributed by atoms with Crippen LogP contribution < -0.4 is 11.1 Å². The van der Waals surface area contributed by atoms with Gasteiger partial charge in [-0.1, -0.05) is 24.2 Å². The monoisotopic (exact) mass is 305 g/mol. The number of aromatic nitrogens is 1. The maximum absolute atomic E-state index is 12.2. The van der Waals surface area contributed by atoms with Crippen LogP contribution in [0.4, 0.5) is 5.13 Å². The molecule has 1 aliphatic rings. The van der Waals surface area contributed by atoms with Crippen LogP contribution in [-0.2, 0) is 0 Å². The Morgan fingerprint density at radius 1 is 1.43 bits per heavy atom. The Bertz CT molecular complexity index is 655. The average molecular weight is 305 g/mol. The lowest BCUT2D eigenvalue weighted by Gasteiger charge is -2.27. The summed E-state index contributed by atoms with van der Waals surface area (Å²) in [6.45, 7) is 0.531. The van der Waals surface area contributed by atoms with E-state index >= 15 is 0 Å². The average Bonchev–Trinajstić information content (AvgIpc) is 2.85. The normalized spacial score (nSPS) is 22.3. The molecule has 1 aliphatic carbocycles. The van der Waals surface area contributed by atoms with E-state index in [9.17, 15) is 9.90 Å². The van der Waals surface area contributed by atoms with E-state index in [4.69, 9.17) is 5.73 Å². The molecular formula is C15H19N3O2S. The zero-order chi connectivity index (χ0) is 14.8. The van der Waals surface area contributed by atoms with Crippen molar-refractivity contribution in [1.29, 1.82) is 0 Å². The standard InChI is InChI=1S/C15H19N3O2S/c16-15-18-11-6-5-9(7-13(11)21-15)14(20)17-8-10-3-1-2-4-12(10)19/h5-7,10,12,19H,1-4,8H2,(H2,16,18)(H,17,20). The highest BCUT2D eigenvalue weighted by Gasteiger charge is 2.23. The Kier molecular flexibility index (Phi) is 4.07. The van der Waals surface area contributed by atoms with Gasteiger partial charge in [0.1, 0.15) is 0 Å². The van der Waals surface area contributed by atoms with E-state index in [1.807, 2.05) is 12.1 Å². The molecule has 0 saturated heterocycles. The van der Waals surface area contributed by atoms with E-state index in [1.165, 1.54) is 11.3 Å². The minimum Gasteiger partial charge on any atom is -0.393 e. The topological polar surface area (TPSA) is 88.2 Å². The van der Waals surface area contributed by atoms with E-state index < -0.39 is 0 Å². The summed E-state index contributed by atoms with van der Waals surface area (Å²) in [6, 6.07) is 5.39. The second-order valence-electron chi connectivity index (χ2n) is 5.56. The van der Waals surface area contributed by atoms with E-state index in [2.05, 4.69) is 10.3 Å². The van der Waals surface area contributed by atoms with Gasteiger partial charge >= 0.3 is 0 Å². The summed E-state index contributed by atoms with van der Waals surface area (Å²) in [4.78, 5) is 16.4. The summed E-state index contributed by atoms with van der Waals surface area (Å²) in [5.74, 6) is 0.0622. The van der Waals surface area contributed by atoms with Gasteiger partial charge in [0.2, 0.25) is 0 Å². The molecule has 4 N–H and O–H groups in total. The SMILES string of the molecule is Nc1nc2ccc(C(=O)NCC3CCCCC3O)cc2s1. The van der Waals surface area contributed by atoms with Gasteiger partial charge in [-0.2, -0.15) is 0 Å². The maximum Gasteiger partial charge on any atom is 0.251 e. The number of anilines is 1. The first-order valence-corrected chi connectivity index (χ1v) is 8.07. The van der Waals surface area contributed by atoms with Gasteiger partial charge in [0, 0.05) is 18.0 Å². The fourth-order valence-electron chi connectivity index (χ4n) is 2.84. The van der Waals surface area contributed by atoms with Crippen LogP contribution >= 0.6 is 11.3 Å². The molecular weight excluding hydrogens is 286 g/mol. The van der Waals surface area contributed by atoms with Crippen LogP contribution in [0.15, 0.2) is 18.2 Å². The highest BCUT2D eigenvalue weighted by molar-refractivity contribution is 7.22. The summed E-state index contributed by atoms with van der Waals surface area (Å²) in [5.41, 5.74) is 7.09. The molecule has 1 aromatic heterocycles. The zero-order valence-corrected chi connectivity index (χ0v) is 12.5. The number of hydrogen-bond acceptors (Lipinski definition) is 5. The molecule has 0 radical (unpaired) electrons. The lowest BCUT2D eigenvalue weighted by molar-refractivity contribution is 0.0663. The van der Waals surface area contributed by atoms with E-state index in [0.29, 0.717) is 17.2 Å². The van der Waals surface area contributed by atoms with Gasteiger partial charge in [-0.25, -0.2) is 4.98 Å². The Labute approximate surface area is 127 Å². The largest absolute Gasteiger partial charge is 0.393 e. The number of nitrogen functional groups attached to an aromatic ring is 1. The number of hydrogen-bond donors (Lipinski definition) is 3. The first-order chi connectivity index (χ1) is 10.1. The molecule has 3 rings (SSSR count). The number of amides is 1. The third-order valence-electron chi connectivity index (χ3n) is 4.06. The molecule has 1 aromatic carbocycles. The van der Waals surface area contributed by atoms with Crippen LogP contribution in [0.25, 0.3) is 10.2 Å². The molecule has 2 atom stereocenters. The minimum absolute atomic E-state index is 0.110. The fraction of sp³-hybridized carbons (Fsp3) is 0.467. The maximum atomic E-state index is 12.2. The number of nitrogens with zero attached hydrogens (tertiary/aromatic N) is 1. The number of carbonyl (C=O) groups is 1. The zero-order valence-electron chi connectivity index (χ0n) is 11.7. The number of fused-ring (bicyclic) bond motifs is 1. The molecule has 1 saturated carbocycles. The second kappa shape index (κ2) is 5.99. The molecule has 1 amide bonds. The van der Waals surface area contributed by atoms with Crippen molar-refractivity contribution in [1.82, 2.24) is 10.3 Å². The van der Waals surface area contributed by atoms with Gasteiger partial charge in [0.25, 0.3) is 5.91 Å². The third-order valence-corrected chi connectivity index (χ3v) is 4.91. The Hall–Kier alpha value is -1.66. The molecule has 1 heterocycles. The second-order valence-corrected chi connectivity index (χ2v) is 6.62. The predicted octanol–water partition coefficient (Wildman–Crippen LogP) is 2.16. The third kappa shape index (κ3) is 3.16. The number of carbonyl (C=O) groups excluding carboxylic acids is 1. The molecule has 0 spiro atoms. The smallest absolute Gasteiger partial charge is 0.251 e. The quantitative estimate of drug-likeness (QED) is 0.811.